The molecule has 0 fully saturated rings. The monoisotopic (exact) mass is 614 g/mol. The third kappa shape index (κ3) is 8.07. The number of benzene rings is 3. The van der Waals surface area contributed by atoms with Crippen LogP contribution in [0.15, 0.2) is 89.2 Å². The number of hydrogen-bond donors (Lipinski definition) is 3. The van der Waals surface area contributed by atoms with Crippen molar-refractivity contribution in [3.63, 3.8) is 0 Å². The standard InChI is InChI=1S/C36H34N6O4/c1-7-42(8-2)28-14-15-29(23(4)18-28)39-30-19-32(41-36(45)38-27-12-10-26(21-37)11-13-27)33(43)20-31(30)40-35(44)25(6)46-34-16-9-22(3)17-24(34)5/h1,9-20,25H,8H2,2-6H3,(H,40,44)(H2,38,41,45). The van der Waals surface area contributed by atoms with Gasteiger partial charge in [-0.25, -0.2) is 9.79 Å². The van der Waals surface area contributed by atoms with Crippen LogP contribution in [-0.2, 0) is 9.59 Å². The Kier molecular flexibility index (Phi) is 10.4. The molecule has 3 aromatic carbocycles. The summed E-state index contributed by atoms with van der Waals surface area (Å²) >= 11 is 0. The van der Waals surface area contributed by atoms with Gasteiger partial charge in [-0.15, -0.1) is 0 Å². The number of aliphatic imine (C=N–C) groups is 1. The van der Waals surface area contributed by atoms with Gasteiger partial charge in [0.2, 0.25) is 5.78 Å². The largest absolute Gasteiger partial charge is 0.481 e. The van der Waals surface area contributed by atoms with Gasteiger partial charge in [-0.2, -0.15) is 5.26 Å². The molecular weight excluding hydrogens is 580 g/mol. The Morgan fingerprint density at radius 1 is 0.957 bits per heavy atom. The highest BCUT2D eigenvalue weighted by atomic mass is 16.5. The van der Waals surface area contributed by atoms with Crippen LogP contribution in [0.25, 0.3) is 0 Å². The van der Waals surface area contributed by atoms with Crippen LogP contribution in [0.2, 0.25) is 0 Å². The van der Waals surface area contributed by atoms with Crippen molar-refractivity contribution < 1.29 is 19.1 Å². The van der Waals surface area contributed by atoms with Crippen molar-refractivity contribution in [2.24, 2.45) is 4.99 Å². The summed E-state index contributed by atoms with van der Waals surface area (Å²) in [6, 6.07) is 21.4. The molecule has 232 valence electrons. The first-order valence-electron chi connectivity index (χ1n) is 14.6. The fraction of sp³-hybridized carbons (Fsp3) is 0.194. The first-order valence-corrected chi connectivity index (χ1v) is 14.6. The van der Waals surface area contributed by atoms with Crippen LogP contribution in [0.4, 0.5) is 21.9 Å². The number of ether oxygens (including phenoxy) is 1. The molecule has 4 rings (SSSR count). The molecule has 1 atom stereocenters. The Bertz CT molecular complexity index is 1860. The van der Waals surface area contributed by atoms with Gasteiger partial charge in [0.1, 0.15) is 5.75 Å². The summed E-state index contributed by atoms with van der Waals surface area (Å²) in [5, 5.41) is 17.0. The van der Waals surface area contributed by atoms with Gasteiger partial charge in [0.05, 0.1) is 34.4 Å². The maximum Gasteiger partial charge on any atom is 0.323 e. The minimum absolute atomic E-state index is 0.0544. The highest BCUT2D eigenvalue weighted by molar-refractivity contribution is 6.24. The van der Waals surface area contributed by atoms with E-state index >= 15 is 0 Å². The Balaban J connectivity index is 1.62. The molecule has 0 radical (unpaired) electrons. The van der Waals surface area contributed by atoms with E-state index in [1.807, 2.05) is 58.0 Å². The number of carbonyl (C=O) groups is 3. The predicted molar refractivity (Wildman–Crippen MR) is 179 cm³/mol. The fourth-order valence-corrected chi connectivity index (χ4v) is 4.59. The van der Waals surface area contributed by atoms with Crippen molar-refractivity contribution >= 4 is 40.5 Å². The van der Waals surface area contributed by atoms with Crippen molar-refractivity contribution in [1.29, 1.82) is 5.26 Å². The molecule has 0 saturated heterocycles. The van der Waals surface area contributed by atoms with Crippen LogP contribution < -0.4 is 25.6 Å². The smallest absolute Gasteiger partial charge is 0.323 e. The lowest BCUT2D eigenvalue weighted by Crippen LogP contribution is -2.40. The average molecular weight is 615 g/mol. The highest BCUT2D eigenvalue weighted by Crippen LogP contribution is 2.27. The molecule has 1 aliphatic rings. The normalized spacial score (nSPS) is 13.8. The number of nitrogens with zero attached hydrogens (tertiary/aromatic N) is 3. The minimum atomic E-state index is -0.898. The van der Waals surface area contributed by atoms with Crippen molar-refractivity contribution in [2.45, 2.75) is 40.7 Å². The van der Waals surface area contributed by atoms with E-state index in [0.29, 0.717) is 29.2 Å². The molecule has 10 nitrogen and oxygen atoms in total. The zero-order valence-electron chi connectivity index (χ0n) is 26.3. The van der Waals surface area contributed by atoms with Crippen LogP contribution in [0.3, 0.4) is 0 Å². The van der Waals surface area contributed by atoms with Gasteiger partial charge in [-0.05, 0) is 100 Å². The van der Waals surface area contributed by atoms with Gasteiger partial charge in [-0.3, -0.25) is 9.59 Å². The van der Waals surface area contributed by atoms with Crippen LogP contribution in [-0.4, -0.2) is 36.1 Å². The number of terminal acetylenes is 1. The second-order valence-electron chi connectivity index (χ2n) is 10.6. The topological polar surface area (TPSA) is 136 Å². The van der Waals surface area contributed by atoms with Crippen LogP contribution >= 0.6 is 0 Å². The lowest BCUT2D eigenvalue weighted by molar-refractivity contribution is -0.126. The number of allylic oxidation sites excluding steroid dienone is 2. The Morgan fingerprint density at radius 2 is 1.70 bits per heavy atom. The van der Waals surface area contributed by atoms with Gasteiger partial charge < -0.3 is 25.6 Å². The van der Waals surface area contributed by atoms with Gasteiger partial charge in [0, 0.05) is 30.0 Å². The molecule has 1 unspecified atom stereocenters. The molecule has 3 aromatic rings. The summed E-state index contributed by atoms with van der Waals surface area (Å²) in [6.07, 6.45) is 7.34. The van der Waals surface area contributed by atoms with E-state index in [9.17, 15) is 14.4 Å². The van der Waals surface area contributed by atoms with E-state index in [1.165, 1.54) is 12.2 Å². The number of carbonyl (C=O) groups excluding carboxylic acids is 3. The summed E-state index contributed by atoms with van der Waals surface area (Å²) in [5.74, 6) is -0.471. The summed E-state index contributed by atoms with van der Waals surface area (Å²) < 4.78 is 5.92. The van der Waals surface area contributed by atoms with Crippen molar-refractivity contribution in [3.8, 4) is 24.3 Å². The first kappa shape index (κ1) is 32.8. The molecule has 3 N–H and O–H groups in total. The average Bonchev–Trinajstić information content (AvgIpc) is 3.02. The molecule has 10 heteroatoms. The maximum absolute atomic E-state index is 13.3. The molecule has 1 aliphatic carbocycles. The number of anilines is 2. The molecule has 46 heavy (non-hydrogen) atoms. The summed E-state index contributed by atoms with van der Waals surface area (Å²) in [4.78, 5) is 45.7. The molecular formula is C36H34N6O4. The van der Waals surface area contributed by atoms with Crippen LogP contribution in [0.5, 0.6) is 5.75 Å². The number of ketones is 1. The Labute approximate surface area is 268 Å². The van der Waals surface area contributed by atoms with E-state index in [0.717, 1.165) is 22.4 Å². The molecule has 0 heterocycles. The van der Waals surface area contributed by atoms with E-state index in [4.69, 9.17) is 21.4 Å². The fourth-order valence-electron chi connectivity index (χ4n) is 4.59. The third-order valence-corrected chi connectivity index (χ3v) is 7.08. The van der Waals surface area contributed by atoms with E-state index in [2.05, 4.69) is 22.0 Å². The molecule has 0 bridgehead atoms. The van der Waals surface area contributed by atoms with E-state index in [1.54, 1.807) is 48.2 Å². The summed E-state index contributed by atoms with van der Waals surface area (Å²) in [6.45, 7) is 9.92. The van der Waals surface area contributed by atoms with Crippen molar-refractivity contribution in [3.05, 3.63) is 106 Å². The highest BCUT2D eigenvalue weighted by Gasteiger charge is 2.25. The van der Waals surface area contributed by atoms with E-state index in [-0.39, 0.29) is 17.1 Å². The molecule has 0 aliphatic heterocycles. The predicted octanol–water partition coefficient (Wildman–Crippen LogP) is 5.73. The van der Waals surface area contributed by atoms with Gasteiger partial charge in [0.25, 0.3) is 5.91 Å². The molecule has 0 saturated carbocycles. The zero-order valence-corrected chi connectivity index (χ0v) is 26.3. The maximum atomic E-state index is 13.3. The molecule has 0 aromatic heterocycles. The minimum Gasteiger partial charge on any atom is -0.481 e. The van der Waals surface area contributed by atoms with Crippen molar-refractivity contribution in [2.75, 3.05) is 16.8 Å². The number of rotatable bonds is 9. The second-order valence-corrected chi connectivity index (χ2v) is 10.6. The summed E-state index contributed by atoms with van der Waals surface area (Å²) in [7, 11) is 0. The molecule has 3 amide bonds. The van der Waals surface area contributed by atoms with Gasteiger partial charge in [0.15, 0.2) is 6.10 Å². The third-order valence-electron chi connectivity index (χ3n) is 7.08. The van der Waals surface area contributed by atoms with Crippen LogP contribution in [0, 0.1) is 44.6 Å². The first-order chi connectivity index (χ1) is 22.0. The SMILES string of the molecule is C#CN(CC)c1ccc(N=C2C=C(NC(=O)Nc3ccc(C#N)cc3)C(=O)C=C2NC(=O)C(C)Oc2ccc(C)cc2C)c(C)c1. The summed E-state index contributed by atoms with van der Waals surface area (Å²) in [5.41, 5.74) is 5.35. The lowest BCUT2D eigenvalue weighted by Gasteiger charge is -2.21. The van der Waals surface area contributed by atoms with Gasteiger partial charge >= 0.3 is 6.03 Å². The lowest BCUT2D eigenvalue weighted by atomic mass is 10.0. The quantitative estimate of drug-likeness (QED) is 0.160. The number of amides is 3. The number of aryl methyl sites for hydroxylation is 3. The zero-order chi connectivity index (χ0) is 33.4. The second kappa shape index (κ2) is 14.6. The van der Waals surface area contributed by atoms with Crippen molar-refractivity contribution in [1.82, 2.24) is 10.6 Å². The number of nitrogens with one attached hydrogen (secondary N) is 3. The number of urea groups is 1. The van der Waals surface area contributed by atoms with Gasteiger partial charge in [-0.1, -0.05) is 24.1 Å². The number of nitriles is 1. The Hall–Kier alpha value is -6.13. The van der Waals surface area contributed by atoms with E-state index < -0.39 is 23.8 Å². The van der Waals surface area contributed by atoms with Crippen LogP contribution in [0.1, 0.15) is 36.1 Å². The Morgan fingerprint density at radius 3 is 2.33 bits per heavy atom. The molecule has 0 spiro atoms. The number of hydrogen-bond acceptors (Lipinski definition) is 7.